The summed E-state index contributed by atoms with van der Waals surface area (Å²) >= 11 is 0. The minimum Gasteiger partial charge on any atom is -0.391 e. The van der Waals surface area contributed by atoms with Crippen LogP contribution in [0.5, 0.6) is 0 Å². The summed E-state index contributed by atoms with van der Waals surface area (Å²) in [5, 5.41) is 26.1. The average Bonchev–Trinajstić information content (AvgIpc) is 3.18. The molecule has 2 amide bonds. The van der Waals surface area contributed by atoms with E-state index in [1.807, 2.05) is 0 Å². The van der Waals surface area contributed by atoms with Crippen molar-refractivity contribution < 1.29 is 29.3 Å². The number of aliphatic hydroxyl groups excluding tert-OH is 2. The molecule has 0 bridgehead atoms. The molecule has 1 saturated heterocycles. The second kappa shape index (κ2) is 15.9. The molecule has 35 heavy (non-hydrogen) atoms. The highest BCUT2D eigenvalue weighted by molar-refractivity contribution is 5.94. The number of hydrogen-bond donors (Lipinski definition) is 5. The predicted molar refractivity (Wildman–Crippen MR) is 133 cm³/mol. The molecule has 10 nitrogen and oxygen atoms in total. The quantitative estimate of drug-likeness (QED) is 0.189. The van der Waals surface area contributed by atoms with Crippen molar-refractivity contribution in [3.05, 3.63) is 24.2 Å². The van der Waals surface area contributed by atoms with E-state index >= 15 is 0 Å². The van der Waals surface area contributed by atoms with Crippen molar-refractivity contribution in [1.29, 1.82) is 0 Å². The van der Waals surface area contributed by atoms with Crippen LogP contribution in [0.15, 0.2) is 24.2 Å². The Labute approximate surface area is 208 Å². The van der Waals surface area contributed by atoms with Crippen molar-refractivity contribution in [2.75, 3.05) is 26.3 Å². The molecular formula is C25H44N4O6. The number of aliphatic hydroxyl groups is 2. The van der Waals surface area contributed by atoms with E-state index < -0.39 is 24.5 Å². The van der Waals surface area contributed by atoms with Crippen LogP contribution in [0.2, 0.25) is 0 Å². The highest BCUT2D eigenvalue weighted by Crippen LogP contribution is 2.27. The van der Waals surface area contributed by atoms with E-state index in [0.29, 0.717) is 43.7 Å². The Bertz CT molecular complexity index is 716. The third-order valence-corrected chi connectivity index (χ3v) is 6.26. The summed E-state index contributed by atoms with van der Waals surface area (Å²) in [4.78, 5) is 25.1. The van der Waals surface area contributed by atoms with Gasteiger partial charge in [0.25, 0.3) is 5.91 Å². The van der Waals surface area contributed by atoms with Gasteiger partial charge in [0.05, 0.1) is 25.4 Å². The predicted octanol–water partition coefficient (Wildman–Crippen LogP) is 1.23. The number of amides is 2. The molecule has 0 aromatic carbocycles. The SMILES string of the molecule is C=C1NC(=O)C(C)=CN1C1CC(O)C(COCC(O)CCCCCCNC(=O)CCCCCN)O1. The van der Waals surface area contributed by atoms with Crippen LogP contribution in [0, 0.1) is 0 Å². The number of carbonyl (C=O) groups excluding carboxylic acids is 2. The molecule has 2 aliphatic heterocycles. The maximum atomic E-state index is 11.7. The van der Waals surface area contributed by atoms with Crippen molar-refractivity contribution in [3.63, 3.8) is 0 Å². The van der Waals surface area contributed by atoms with Gasteiger partial charge in [0.2, 0.25) is 5.91 Å². The van der Waals surface area contributed by atoms with Crippen LogP contribution in [-0.2, 0) is 19.1 Å². The minimum atomic E-state index is -0.706. The Hall–Kier alpha value is -1.98. The summed E-state index contributed by atoms with van der Waals surface area (Å²) in [6.07, 6.45) is 7.68. The van der Waals surface area contributed by atoms with Gasteiger partial charge in [-0.15, -0.1) is 0 Å². The summed E-state index contributed by atoms with van der Waals surface area (Å²) in [5.41, 5.74) is 5.98. The van der Waals surface area contributed by atoms with E-state index in [1.165, 1.54) is 0 Å². The van der Waals surface area contributed by atoms with Gasteiger partial charge in [0, 0.05) is 31.2 Å². The van der Waals surface area contributed by atoms with Crippen LogP contribution in [0.25, 0.3) is 0 Å². The van der Waals surface area contributed by atoms with Gasteiger partial charge in [-0.05, 0) is 39.2 Å². The maximum absolute atomic E-state index is 11.7. The summed E-state index contributed by atoms with van der Waals surface area (Å²) in [7, 11) is 0. The zero-order valence-corrected chi connectivity index (χ0v) is 21.0. The van der Waals surface area contributed by atoms with Crippen LogP contribution in [0.4, 0.5) is 0 Å². The Morgan fingerprint density at radius 3 is 2.83 bits per heavy atom. The largest absolute Gasteiger partial charge is 0.391 e. The highest BCUT2D eigenvalue weighted by Gasteiger charge is 2.38. The molecule has 0 saturated carbocycles. The maximum Gasteiger partial charge on any atom is 0.253 e. The van der Waals surface area contributed by atoms with Crippen molar-refractivity contribution >= 4 is 11.8 Å². The topological polar surface area (TPSA) is 146 Å². The second-order valence-corrected chi connectivity index (χ2v) is 9.40. The van der Waals surface area contributed by atoms with Crippen LogP contribution in [0.3, 0.4) is 0 Å². The number of ether oxygens (including phenoxy) is 2. The molecule has 6 N–H and O–H groups in total. The van der Waals surface area contributed by atoms with E-state index in [-0.39, 0.29) is 25.0 Å². The van der Waals surface area contributed by atoms with Crippen molar-refractivity contribution in [1.82, 2.24) is 15.5 Å². The fraction of sp³-hybridized carbons (Fsp3) is 0.760. The van der Waals surface area contributed by atoms with Gasteiger partial charge in [-0.3, -0.25) is 9.59 Å². The molecule has 1 fully saturated rings. The zero-order valence-electron chi connectivity index (χ0n) is 21.0. The summed E-state index contributed by atoms with van der Waals surface area (Å²) < 4.78 is 11.5. The molecule has 4 atom stereocenters. The van der Waals surface area contributed by atoms with Crippen molar-refractivity contribution in [3.8, 4) is 0 Å². The monoisotopic (exact) mass is 496 g/mol. The molecule has 4 unspecified atom stereocenters. The Morgan fingerprint density at radius 2 is 2.06 bits per heavy atom. The van der Waals surface area contributed by atoms with Gasteiger partial charge in [-0.1, -0.05) is 32.3 Å². The molecule has 0 aromatic heterocycles. The van der Waals surface area contributed by atoms with E-state index in [4.69, 9.17) is 15.2 Å². The zero-order chi connectivity index (χ0) is 25.6. The number of rotatable bonds is 17. The van der Waals surface area contributed by atoms with Gasteiger partial charge in [0.1, 0.15) is 18.2 Å². The first kappa shape index (κ1) is 29.3. The molecule has 0 aromatic rings. The van der Waals surface area contributed by atoms with E-state index in [2.05, 4.69) is 17.2 Å². The third kappa shape index (κ3) is 10.7. The van der Waals surface area contributed by atoms with Gasteiger partial charge < -0.3 is 41.0 Å². The second-order valence-electron chi connectivity index (χ2n) is 9.40. The molecule has 0 spiro atoms. The molecule has 0 radical (unpaired) electrons. The lowest BCUT2D eigenvalue weighted by molar-refractivity contribution is -0.121. The lowest BCUT2D eigenvalue weighted by atomic mass is 10.1. The van der Waals surface area contributed by atoms with Crippen LogP contribution < -0.4 is 16.4 Å². The number of nitrogens with two attached hydrogens (primary N) is 1. The van der Waals surface area contributed by atoms with Gasteiger partial charge >= 0.3 is 0 Å². The van der Waals surface area contributed by atoms with Crippen LogP contribution in [0.1, 0.15) is 71.1 Å². The highest BCUT2D eigenvalue weighted by atomic mass is 16.6. The molecule has 2 rings (SSSR count). The Morgan fingerprint density at radius 1 is 1.31 bits per heavy atom. The normalized spacial score (nSPS) is 23.3. The van der Waals surface area contributed by atoms with Gasteiger partial charge in [-0.25, -0.2) is 0 Å². The molecule has 2 heterocycles. The smallest absolute Gasteiger partial charge is 0.253 e. The lowest BCUT2D eigenvalue weighted by Gasteiger charge is -2.32. The third-order valence-electron chi connectivity index (χ3n) is 6.26. The standard InChI is InChI=1S/C25H44N4O6/c1-18-15-29(19(2)28-25(18)33)24-14-21(31)22(35-24)17-34-16-20(30)10-6-3-4-9-13-27-23(32)11-7-5-8-12-26/h15,20-22,24,30-31H,2-14,16-17,26H2,1H3,(H,27,32)(H,28,33). The summed E-state index contributed by atoms with van der Waals surface area (Å²) in [6, 6.07) is 0. The molecule has 10 heteroatoms. The van der Waals surface area contributed by atoms with Crippen LogP contribution in [-0.4, -0.2) is 77.8 Å². The first-order valence-electron chi connectivity index (χ1n) is 12.8. The first-order valence-corrected chi connectivity index (χ1v) is 12.8. The van der Waals surface area contributed by atoms with Crippen molar-refractivity contribution in [2.45, 2.75) is 95.7 Å². The number of hydrogen-bond acceptors (Lipinski definition) is 8. The lowest BCUT2D eigenvalue weighted by Crippen LogP contribution is -2.42. The molecule has 2 aliphatic rings. The van der Waals surface area contributed by atoms with Crippen molar-refractivity contribution in [2.24, 2.45) is 5.73 Å². The summed E-state index contributed by atoms with van der Waals surface area (Å²) in [6.45, 7) is 7.27. The number of unbranched alkanes of at least 4 members (excludes halogenated alkanes) is 5. The van der Waals surface area contributed by atoms with Gasteiger partial charge in [-0.2, -0.15) is 0 Å². The fourth-order valence-corrected chi connectivity index (χ4v) is 4.12. The average molecular weight is 497 g/mol. The minimum absolute atomic E-state index is 0.108. The Balaban J connectivity index is 1.50. The van der Waals surface area contributed by atoms with E-state index in [0.717, 1.165) is 44.9 Å². The summed E-state index contributed by atoms with van der Waals surface area (Å²) in [5.74, 6) is 0.321. The molecule has 200 valence electrons. The van der Waals surface area contributed by atoms with Gasteiger partial charge in [0.15, 0.2) is 0 Å². The van der Waals surface area contributed by atoms with Crippen LogP contribution >= 0.6 is 0 Å². The molecular weight excluding hydrogens is 452 g/mol. The number of carbonyl (C=O) groups is 2. The van der Waals surface area contributed by atoms with E-state index in [1.54, 1.807) is 18.0 Å². The van der Waals surface area contributed by atoms with E-state index in [9.17, 15) is 19.8 Å². The first-order chi connectivity index (χ1) is 16.8. The Kier molecular flexibility index (Phi) is 13.3. The number of nitrogens with zero attached hydrogens (tertiary/aromatic N) is 1. The molecule has 0 aliphatic carbocycles. The number of nitrogens with one attached hydrogen (secondary N) is 2. The fourth-order valence-electron chi connectivity index (χ4n) is 4.12.